The van der Waals surface area contributed by atoms with Gasteiger partial charge in [0, 0.05) is 6.61 Å². The molecule has 1 aliphatic carbocycles. The number of carbonyl (C=O) groups excluding carboxylic acids is 1. The predicted molar refractivity (Wildman–Crippen MR) is 47.3 cm³/mol. The molecule has 74 valence electrons. The first kappa shape index (κ1) is 9.00. The zero-order valence-corrected chi connectivity index (χ0v) is 8.04. The number of hydrogen-bond donors (Lipinski definition) is 0. The van der Waals surface area contributed by atoms with Gasteiger partial charge in [0.25, 0.3) is 0 Å². The van der Waals surface area contributed by atoms with Crippen molar-refractivity contribution in [1.82, 2.24) is 0 Å². The highest BCUT2D eigenvalue weighted by Gasteiger charge is 2.53. The Bertz CT molecular complexity index is 202. The van der Waals surface area contributed by atoms with Crippen molar-refractivity contribution in [3.63, 3.8) is 0 Å². The monoisotopic (exact) mass is 184 g/mol. The van der Waals surface area contributed by atoms with E-state index in [9.17, 15) is 4.79 Å². The highest BCUT2D eigenvalue weighted by molar-refractivity contribution is 5.78. The lowest BCUT2D eigenvalue weighted by atomic mass is 9.83. The van der Waals surface area contributed by atoms with Gasteiger partial charge in [-0.25, -0.2) is 0 Å². The summed E-state index contributed by atoms with van der Waals surface area (Å²) < 4.78 is 10.7. The molecule has 2 atom stereocenters. The highest BCUT2D eigenvalue weighted by Crippen LogP contribution is 2.48. The quantitative estimate of drug-likeness (QED) is 0.610. The molecule has 1 aliphatic heterocycles. The van der Waals surface area contributed by atoms with Gasteiger partial charge < -0.3 is 9.47 Å². The van der Waals surface area contributed by atoms with Crippen LogP contribution in [-0.2, 0) is 14.3 Å². The fourth-order valence-electron chi connectivity index (χ4n) is 2.56. The van der Waals surface area contributed by atoms with Gasteiger partial charge in [-0.05, 0) is 32.6 Å². The van der Waals surface area contributed by atoms with Gasteiger partial charge in [0.05, 0.1) is 18.1 Å². The van der Waals surface area contributed by atoms with E-state index in [1.165, 1.54) is 0 Å². The van der Waals surface area contributed by atoms with Crippen LogP contribution in [0.5, 0.6) is 0 Å². The lowest BCUT2D eigenvalue weighted by Crippen LogP contribution is -2.36. The summed E-state index contributed by atoms with van der Waals surface area (Å²) in [6, 6.07) is 0. The van der Waals surface area contributed by atoms with Gasteiger partial charge in [-0.15, -0.1) is 0 Å². The average Bonchev–Trinajstić information content (AvgIpc) is 2.61. The molecule has 3 heteroatoms. The third-order valence-corrected chi connectivity index (χ3v) is 3.25. The topological polar surface area (TPSA) is 35.5 Å². The predicted octanol–water partition coefficient (Wildman–Crippen LogP) is 1.51. The molecule has 1 saturated heterocycles. The van der Waals surface area contributed by atoms with Gasteiger partial charge >= 0.3 is 5.97 Å². The van der Waals surface area contributed by atoms with Crippen molar-refractivity contribution >= 4 is 5.97 Å². The summed E-state index contributed by atoms with van der Waals surface area (Å²) >= 11 is 0. The van der Waals surface area contributed by atoms with Crippen LogP contribution in [0.4, 0.5) is 0 Å². The van der Waals surface area contributed by atoms with Crippen molar-refractivity contribution in [3.8, 4) is 0 Å². The van der Waals surface area contributed by atoms with Gasteiger partial charge in [0.1, 0.15) is 0 Å². The minimum absolute atomic E-state index is 0.0324. The fraction of sp³-hybridized carbons (Fsp3) is 0.900. The Morgan fingerprint density at radius 2 is 2.46 bits per heavy atom. The molecule has 0 spiro atoms. The van der Waals surface area contributed by atoms with Crippen molar-refractivity contribution in [2.75, 3.05) is 13.2 Å². The van der Waals surface area contributed by atoms with Crippen LogP contribution in [0.3, 0.4) is 0 Å². The summed E-state index contributed by atoms with van der Waals surface area (Å²) in [5, 5.41) is 0. The maximum Gasteiger partial charge on any atom is 0.314 e. The Balaban J connectivity index is 2.12. The molecule has 1 saturated carbocycles. The Morgan fingerprint density at radius 1 is 1.62 bits per heavy atom. The van der Waals surface area contributed by atoms with Crippen molar-refractivity contribution in [2.24, 2.45) is 5.41 Å². The fourth-order valence-corrected chi connectivity index (χ4v) is 2.56. The molecule has 0 radical (unpaired) electrons. The second-order valence-corrected chi connectivity index (χ2v) is 3.88. The van der Waals surface area contributed by atoms with Crippen LogP contribution < -0.4 is 0 Å². The summed E-state index contributed by atoms with van der Waals surface area (Å²) in [7, 11) is 0. The van der Waals surface area contributed by atoms with E-state index in [4.69, 9.17) is 9.47 Å². The van der Waals surface area contributed by atoms with Gasteiger partial charge in [-0.1, -0.05) is 0 Å². The molecule has 13 heavy (non-hydrogen) atoms. The second-order valence-electron chi connectivity index (χ2n) is 3.88. The minimum atomic E-state index is -0.268. The van der Waals surface area contributed by atoms with Crippen LogP contribution in [-0.4, -0.2) is 25.3 Å². The van der Waals surface area contributed by atoms with Crippen LogP contribution in [0.2, 0.25) is 0 Å². The number of carbonyl (C=O) groups is 1. The third-order valence-electron chi connectivity index (χ3n) is 3.25. The van der Waals surface area contributed by atoms with E-state index in [2.05, 4.69) is 0 Å². The van der Waals surface area contributed by atoms with Crippen molar-refractivity contribution in [2.45, 2.75) is 38.7 Å². The van der Waals surface area contributed by atoms with Crippen LogP contribution in [0.25, 0.3) is 0 Å². The SMILES string of the molecule is CCOC(=O)[C@]12CCC[C@H]1OCC2. The minimum Gasteiger partial charge on any atom is -0.465 e. The molecule has 2 aliphatic rings. The number of hydrogen-bond acceptors (Lipinski definition) is 3. The average molecular weight is 184 g/mol. The first-order chi connectivity index (χ1) is 6.29. The zero-order chi connectivity index (χ0) is 9.31. The first-order valence-electron chi connectivity index (χ1n) is 5.08. The molecular formula is C10H16O3. The van der Waals surface area contributed by atoms with E-state index in [0.717, 1.165) is 32.3 Å². The molecule has 2 fully saturated rings. The van der Waals surface area contributed by atoms with E-state index in [-0.39, 0.29) is 17.5 Å². The number of fused-ring (bicyclic) bond motifs is 1. The normalized spacial score (nSPS) is 37.5. The van der Waals surface area contributed by atoms with E-state index in [1.54, 1.807) is 0 Å². The summed E-state index contributed by atoms with van der Waals surface area (Å²) in [5.74, 6) is -0.0324. The smallest absolute Gasteiger partial charge is 0.314 e. The molecule has 0 N–H and O–H groups in total. The maximum absolute atomic E-state index is 11.7. The summed E-state index contributed by atoms with van der Waals surface area (Å²) in [6.45, 7) is 3.06. The largest absolute Gasteiger partial charge is 0.465 e. The molecule has 1 heterocycles. The van der Waals surface area contributed by atoms with Crippen LogP contribution in [0.1, 0.15) is 32.6 Å². The summed E-state index contributed by atoms with van der Waals surface area (Å²) in [6.07, 6.45) is 4.08. The molecule has 3 nitrogen and oxygen atoms in total. The van der Waals surface area contributed by atoms with Crippen molar-refractivity contribution in [3.05, 3.63) is 0 Å². The summed E-state index contributed by atoms with van der Waals surface area (Å²) in [5.41, 5.74) is -0.268. The van der Waals surface area contributed by atoms with E-state index in [1.807, 2.05) is 6.92 Å². The molecule has 2 rings (SSSR count). The molecule has 0 unspecified atom stereocenters. The lowest BCUT2D eigenvalue weighted by Gasteiger charge is -2.24. The maximum atomic E-state index is 11.7. The first-order valence-corrected chi connectivity index (χ1v) is 5.08. The highest BCUT2D eigenvalue weighted by atomic mass is 16.5. The van der Waals surface area contributed by atoms with Gasteiger partial charge in [-0.3, -0.25) is 4.79 Å². The van der Waals surface area contributed by atoms with E-state index < -0.39 is 0 Å². The lowest BCUT2D eigenvalue weighted by molar-refractivity contribution is -0.157. The van der Waals surface area contributed by atoms with Crippen molar-refractivity contribution < 1.29 is 14.3 Å². The molecule has 0 aromatic heterocycles. The summed E-state index contributed by atoms with van der Waals surface area (Å²) in [4.78, 5) is 11.7. The number of ether oxygens (including phenoxy) is 2. The third kappa shape index (κ3) is 1.26. The van der Waals surface area contributed by atoms with E-state index in [0.29, 0.717) is 6.61 Å². The van der Waals surface area contributed by atoms with Crippen molar-refractivity contribution in [1.29, 1.82) is 0 Å². The van der Waals surface area contributed by atoms with Crippen LogP contribution in [0.15, 0.2) is 0 Å². The molecular weight excluding hydrogens is 168 g/mol. The Labute approximate surface area is 78.4 Å². The number of rotatable bonds is 2. The second kappa shape index (κ2) is 3.29. The van der Waals surface area contributed by atoms with E-state index >= 15 is 0 Å². The zero-order valence-electron chi connectivity index (χ0n) is 8.04. The van der Waals surface area contributed by atoms with Gasteiger partial charge in [0.2, 0.25) is 0 Å². The Kier molecular flexibility index (Phi) is 2.28. The molecule has 0 aromatic rings. The van der Waals surface area contributed by atoms with Gasteiger partial charge in [-0.2, -0.15) is 0 Å². The Morgan fingerprint density at radius 3 is 3.23 bits per heavy atom. The Hall–Kier alpha value is -0.570. The van der Waals surface area contributed by atoms with Gasteiger partial charge in [0.15, 0.2) is 0 Å². The number of esters is 1. The molecule has 0 aromatic carbocycles. The van der Waals surface area contributed by atoms with Crippen LogP contribution in [0, 0.1) is 5.41 Å². The molecule has 0 bridgehead atoms. The van der Waals surface area contributed by atoms with Crippen LogP contribution >= 0.6 is 0 Å². The standard InChI is InChI=1S/C10H16O3/c1-2-12-9(11)10-5-3-4-8(10)13-7-6-10/h8H,2-7H2,1H3/t8-,10+/m1/s1. The molecule has 0 amide bonds.